The molecule has 0 bridgehead atoms. The van der Waals surface area contributed by atoms with Crippen LogP contribution in [0.1, 0.15) is 26.2 Å². The van der Waals surface area contributed by atoms with Gasteiger partial charge in [0.15, 0.2) is 0 Å². The molecular weight excluding hydrogens is 202 g/mol. The van der Waals surface area contributed by atoms with E-state index in [2.05, 4.69) is 0 Å². The Bertz CT molecular complexity index is 272. The SMILES string of the molecule is CCOCCCCCOc1ccc(N)cc1. The Kier molecular flexibility index (Phi) is 6.42. The van der Waals surface area contributed by atoms with E-state index in [-0.39, 0.29) is 0 Å². The lowest BCUT2D eigenvalue weighted by molar-refractivity contribution is 0.141. The minimum Gasteiger partial charge on any atom is -0.494 e. The molecule has 0 fully saturated rings. The van der Waals surface area contributed by atoms with Gasteiger partial charge in [-0.1, -0.05) is 0 Å². The Morgan fingerprint density at radius 2 is 1.69 bits per heavy atom. The molecule has 0 heterocycles. The number of hydrogen-bond acceptors (Lipinski definition) is 3. The molecule has 0 aliphatic heterocycles. The normalized spacial score (nSPS) is 10.3. The number of benzene rings is 1. The molecule has 3 heteroatoms. The number of unbranched alkanes of at least 4 members (excludes halogenated alkanes) is 2. The van der Waals surface area contributed by atoms with Gasteiger partial charge in [-0.05, 0) is 50.5 Å². The van der Waals surface area contributed by atoms with Gasteiger partial charge in [-0.25, -0.2) is 0 Å². The second-order valence-electron chi connectivity index (χ2n) is 3.68. The van der Waals surface area contributed by atoms with Crippen molar-refractivity contribution in [2.45, 2.75) is 26.2 Å². The van der Waals surface area contributed by atoms with Crippen molar-refractivity contribution in [2.24, 2.45) is 0 Å². The van der Waals surface area contributed by atoms with Crippen LogP contribution >= 0.6 is 0 Å². The predicted octanol–water partition coefficient (Wildman–Crippen LogP) is 2.85. The van der Waals surface area contributed by atoms with Crippen LogP contribution in [-0.2, 0) is 4.74 Å². The molecule has 90 valence electrons. The first-order chi connectivity index (χ1) is 7.83. The Morgan fingerprint density at radius 1 is 1.00 bits per heavy atom. The van der Waals surface area contributed by atoms with Gasteiger partial charge < -0.3 is 15.2 Å². The lowest BCUT2D eigenvalue weighted by atomic mass is 10.2. The van der Waals surface area contributed by atoms with E-state index in [1.807, 2.05) is 31.2 Å². The number of anilines is 1. The van der Waals surface area contributed by atoms with E-state index in [9.17, 15) is 0 Å². The van der Waals surface area contributed by atoms with Crippen LogP contribution in [0.4, 0.5) is 5.69 Å². The average molecular weight is 223 g/mol. The van der Waals surface area contributed by atoms with Crippen molar-refractivity contribution < 1.29 is 9.47 Å². The lowest BCUT2D eigenvalue weighted by Crippen LogP contribution is -1.99. The summed E-state index contributed by atoms with van der Waals surface area (Å²) < 4.78 is 10.8. The standard InChI is InChI=1S/C13H21NO2/c1-2-15-10-4-3-5-11-16-13-8-6-12(14)7-9-13/h6-9H,2-5,10-11,14H2,1H3. The van der Waals surface area contributed by atoms with Gasteiger partial charge in [-0.3, -0.25) is 0 Å². The molecule has 0 spiro atoms. The second-order valence-corrected chi connectivity index (χ2v) is 3.68. The van der Waals surface area contributed by atoms with Crippen LogP contribution in [-0.4, -0.2) is 19.8 Å². The molecule has 0 unspecified atom stereocenters. The molecule has 0 aliphatic rings. The number of hydrogen-bond donors (Lipinski definition) is 1. The maximum atomic E-state index is 5.58. The summed E-state index contributed by atoms with van der Waals surface area (Å²) in [6.45, 7) is 4.45. The Hall–Kier alpha value is -1.22. The van der Waals surface area contributed by atoms with Gasteiger partial charge in [-0.2, -0.15) is 0 Å². The van der Waals surface area contributed by atoms with E-state index < -0.39 is 0 Å². The van der Waals surface area contributed by atoms with Crippen molar-refractivity contribution in [1.82, 2.24) is 0 Å². The fourth-order valence-corrected chi connectivity index (χ4v) is 1.38. The maximum Gasteiger partial charge on any atom is 0.119 e. The molecule has 16 heavy (non-hydrogen) atoms. The monoisotopic (exact) mass is 223 g/mol. The van der Waals surface area contributed by atoms with Crippen molar-refractivity contribution in [1.29, 1.82) is 0 Å². The van der Waals surface area contributed by atoms with Crippen LogP contribution in [0.3, 0.4) is 0 Å². The van der Waals surface area contributed by atoms with E-state index in [1.54, 1.807) is 0 Å². The van der Waals surface area contributed by atoms with Gasteiger partial charge in [0.05, 0.1) is 6.61 Å². The van der Waals surface area contributed by atoms with Crippen molar-refractivity contribution in [3.63, 3.8) is 0 Å². The highest BCUT2D eigenvalue weighted by molar-refractivity contribution is 5.41. The van der Waals surface area contributed by atoms with E-state index >= 15 is 0 Å². The minimum absolute atomic E-state index is 0.760. The van der Waals surface area contributed by atoms with Gasteiger partial charge in [-0.15, -0.1) is 0 Å². The van der Waals surface area contributed by atoms with Gasteiger partial charge in [0.1, 0.15) is 5.75 Å². The molecule has 1 rings (SSSR count). The second kappa shape index (κ2) is 7.99. The largest absolute Gasteiger partial charge is 0.494 e. The number of rotatable bonds is 8. The quantitative estimate of drug-likeness (QED) is 0.544. The minimum atomic E-state index is 0.760. The summed E-state index contributed by atoms with van der Waals surface area (Å²) >= 11 is 0. The van der Waals surface area contributed by atoms with E-state index in [0.29, 0.717) is 0 Å². The van der Waals surface area contributed by atoms with Gasteiger partial charge in [0.2, 0.25) is 0 Å². The zero-order valence-electron chi connectivity index (χ0n) is 9.95. The van der Waals surface area contributed by atoms with Crippen molar-refractivity contribution in [2.75, 3.05) is 25.6 Å². The first-order valence-electron chi connectivity index (χ1n) is 5.89. The molecular formula is C13H21NO2. The zero-order valence-corrected chi connectivity index (χ0v) is 9.95. The third-order valence-electron chi connectivity index (χ3n) is 2.29. The molecule has 0 atom stereocenters. The Balaban J connectivity index is 2.01. The molecule has 3 nitrogen and oxygen atoms in total. The van der Waals surface area contributed by atoms with Crippen LogP contribution in [0.5, 0.6) is 5.75 Å². The maximum absolute atomic E-state index is 5.58. The lowest BCUT2D eigenvalue weighted by Gasteiger charge is -2.06. The average Bonchev–Trinajstić information content (AvgIpc) is 2.30. The molecule has 0 aliphatic carbocycles. The summed E-state index contributed by atoms with van der Waals surface area (Å²) in [4.78, 5) is 0. The van der Waals surface area contributed by atoms with E-state index in [4.69, 9.17) is 15.2 Å². The van der Waals surface area contributed by atoms with Crippen LogP contribution in [0, 0.1) is 0 Å². The summed E-state index contributed by atoms with van der Waals surface area (Å²) in [7, 11) is 0. The number of nitrogens with two attached hydrogens (primary N) is 1. The van der Waals surface area contributed by atoms with Crippen molar-refractivity contribution in [3.8, 4) is 5.75 Å². The topological polar surface area (TPSA) is 44.5 Å². The predicted molar refractivity (Wildman–Crippen MR) is 66.7 cm³/mol. The van der Waals surface area contributed by atoms with Gasteiger partial charge in [0, 0.05) is 18.9 Å². The molecule has 0 radical (unpaired) electrons. The van der Waals surface area contributed by atoms with Crippen LogP contribution < -0.4 is 10.5 Å². The third-order valence-corrected chi connectivity index (χ3v) is 2.29. The Labute approximate surface area is 97.6 Å². The summed E-state index contributed by atoms with van der Waals surface area (Å²) in [5.74, 6) is 0.888. The van der Waals surface area contributed by atoms with Crippen LogP contribution in [0.25, 0.3) is 0 Å². The zero-order chi connectivity index (χ0) is 11.6. The Morgan fingerprint density at radius 3 is 2.38 bits per heavy atom. The third kappa shape index (κ3) is 5.61. The van der Waals surface area contributed by atoms with E-state index in [1.165, 1.54) is 0 Å². The molecule has 1 aromatic rings. The highest BCUT2D eigenvalue weighted by Gasteiger charge is 1.94. The highest BCUT2D eigenvalue weighted by atomic mass is 16.5. The molecule has 0 saturated heterocycles. The fourth-order valence-electron chi connectivity index (χ4n) is 1.38. The highest BCUT2D eigenvalue weighted by Crippen LogP contribution is 2.13. The van der Waals surface area contributed by atoms with Crippen molar-refractivity contribution >= 4 is 5.69 Å². The molecule has 0 amide bonds. The molecule has 1 aromatic carbocycles. The van der Waals surface area contributed by atoms with Crippen LogP contribution in [0.2, 0.25) is 0 Å². The summed E-state index contributed by atoms with van der Waals surface area (Å²) in [6, 6.07) is 7.50. The molecule has 2 N–H and O–H groups in total. The molecule has 0 aromatic heterocycles. The summed E-state index contributed by atoms with van der Waals surface area (Å²) in [6.07, 6.45) is 3.32. The number of ether oxygens (including phenoxy) is 2. The van der Waals surface area contributed by atoms with Gasteiger partial charge in [0.25, 0.3) is 0 Å². The van der Waals surface area contributed by atoms with Gasteiger partial charge >= 0.3 is 0 Å². The number of nitrogen functional groups attached to an aromatic ring is 1. The fraction of sp³-hybridized carbons (Fsp3) is 0.538. The van der Waals surface area contributed by atoms with Crippen molar-refractivity contribution in [3.05, 3.63) is 24.3 Å². The first kappa shape index (κ1) is 12.8. The smallest absolute Gasteiger partial charge is 0.119 e. The first-order valence-corrected chi connectivity index (χ1v) is 5.89. The molecule has 0 saturated carbocycles. The summed E-state index contributed by atoms with van der Waals surface area (Å²) in [5, 5.41) is 0. The van der Waals surface area contributed by atoms with E-state index in [0.717, 1.165) is 50.5 Å². The summed E-state index contributed by atoms with van der Waals surface area (Å²) in [5.41, 5.74) is 6.35. The van der Waals surface area contributed by atoms with Crippen LogP contribution in [0.15, 0.2) is 24.3 Å².